The topological polar surface area (TPSA) is 54.0 Å². The molecule has 0 aliphatic rings. The smallest absolute Gasteiger partial charge is 0.354 e. The van der Waals surface area contributed by atoms with Crippen LogP contribution in [0.1, 0.15) is 16.7 Å². The molecule has 2 rings (SSSR count). The van der Waals surface area contributed by atoms with E-state index >= 15 is 0 Å². The molecule has 0 aliphatic carbocycles. The summed E-state index contributed by atoms with van der Waals surface area (Å²) in [4.78, 5) is 11.4. The molecule has 1 aromatic heterocycles. The summed E-state index contributed by atoms with van der Waals surface area (Å²) in [6.45, 7) is 3.68. The first kappa shape index (κ1) is 9.47. The van der Waals surface area contributed by atoms with Gasteiger partial charge in [-0.2, -0.15) is 5.26 Å². The van der Waals surface area contributed by atoms with Gasteiger partial charge in [-0.25, -0.2) is 4.79 Å². The van der Waals surface area contributed by atoms with Gasteiger partial charge in [0.1, 0.15) is 17.2 Å². The number of nitrogens with zero attached hydrogens (tertiary/aromatic N) is 1. The van der Waals surface area contributed by atoms with Gasteiger partial charge in [-0.1, -0.05) is 12.1 Å². The maximum atomic E-state index is 11.4. The lowest BCUT2D eigenvalue weighted by atomic mass is 10.1. The molecular weight excluding hydrogens is 190 g/mol. The molecule has 0 atom stereocenters. The second-order valence-electron chi connectivity index (χ2n) is 3.50. The normalized spacial score (nSPS) is 10.2. The number of fused-ring (bicyclic) bond motifs is 1. The minimum absolute atomic E-state index is 0.0892. The van der Waals surface area contributed by atoms with Crippen molar-refractivity contribution in [1.82, 2.24) is 0 Å². The molecule has 0 saturated heterocycles. The van der Waals surface area contributed by atoms with E-state index in [0.717, 1.165) is 10.9 Å². The van der Waals surface area contributed by atoms with Gasteiger partial charge in [0.2, 0.25) is 0 Å². The van der Waals surface area contributed by atoms with E-state index < -0.39 is 5.63 Å². The van der Waals surface area contributed by atoms with E-state index in [9.17, 15) is 4.79 Å². The van der Waals surface area contributed by atoms with Crippen LogP contribution in [0.4, 0.5) is 0 Å². The van der Waals surface area contributed by atoms with Gasteiger partial charge in [-0.3, -0.25) is 0 Å². The van der Waals surface area contributed by atoms with Gasteiger partial charge in [0.25, 0.3) is 0 Å². The molecule has 0 spiro atoms. The lowest BCUT2D eigenvalue weighted by molar-refractivity contribution is 0.557. The Kier molecular flexibility index (Phi) is 2.05. The molecule has 3 heteroatoms. The summed E-state index contributed by atoms with van der Waals surface area (Å²) in [5.74, 6) is 0. The SMILES string of the molecule is Cc1ccc2c(C)c(C#N)c(=O)oc2c1. The fourth-order valence-electron chi connectivity index (χ4n) is 1.59. The van der Waals surface area contributed by atoms with E-state index in [1.165, 1.54) is 0 Å². The van der Waals surface area contributed by atoms with E-state index in [-0.39, 0.29) is 5.56 Å². The zero-order chi connectivity index (χ0) is 11.0. The maximum absolute atomic E-state index is 11.4. The second-order valence-corrected chi connectivity index (χ2v) is 3.50. The highest BCUT2D eigenvalue weighted by Gasteiger charge is 2.09. The molecule has 74 valence electrons. The van der Waals surface area contributed by atoms with Crippen LogP contribution in [0.25, 0.3) is 11.0 Å². The molecule has 3 nitrogen and oxygen atoms in total. The van der Waals surface area contributed by atoms with Crippen LogP contribution in [0.5, 0.6) is 0 Å². The third kappa shape index (κ3) is 1.40. The monoisotopic (exact) mass is 199 g/mol. The van der Waals surface area contributed by atoms with Crippen LogP contribution in [0, 0.1) is 25.2 Å². The van der Waals surface area contributed by atoms with Crippen molar-refractivity contribution >= 4 is 11.0 Å². The van der Waals surface area contributed by atoms with Crippen molar-refractivity contribution in [1.29, 1.82) is 5.26 Å². The lowest BCUT2D eigenvalue weighted by Crippen LogP contribution is -2.06. The third-order valence-electron chi connectivity index (χ3n) is 2.43. The average Bonchev–Trinajstić information content (AvgIpc) is 2.17. The molecule has 0 N–H and O–H groups in total. The zero-order valence-corrected chi connectivity index (χ0v) is 8.50. The first-order chi connectivity index (χ1) is 7.13. The number of aryl methyl sites for hydroxylation is 2. The molecule has 1 aromatic carbocycles. The van der Waals surface area contributed by atoms with Gasteiger partial charge < -0.3 is 4.42 Å². The molecule has 0 bridgehead atoms. The Hall–Kier alpha value is -2.08. The van der Waals surface area contributed by atoms with Gasteiger partial charge >= 0.3 is 5.63 Å². The van der Waals surface area contributed by atoms with E-state index in [2.05, 4.69) is 0 Å². The van der Waals surface area contributed by atoms with Crippen molar-refractivity contribution in [3.8, 4) is 6.07 Å². The third-order valence-corrected chi connectivity index (χ3v) is 2.43. The quantitative estimate of drug-likeness (QED) is 0.611. The molecule has 0 radical (unpaired) electrons. The average molecular weight is 199 g/mol. The summed E-state index contributed by atoms with van der Waals surface area (Å²) in [5, 5.41) is 9.62. The van der Waals surface area contributed by atoms with Gasteiger partial charge in [0.05, 0.1) is 0 Å². The molecule has 2 aromatic rings. The van der Waals surface area contributed by atoms with Crippen LogP contribution >= 0.6 is 0 Å². The molecular formula is C12H9NO2. The fourth-order valence-corrected chi connectivity index (χ4v) is 1.59. The van der Waals surface area contributed by atoms with Crippen LogP contribution in [-0.2, 0) is 0 Å². The highest BCUT2D eigenvalue weighted by atomic mass is 16.4. The van der Waals surface area contributed by atoms with Crippen LogP contribution < -0.4 is 5.63 Å². The largest absolute Gasteiger partial charge is 0.422 e. The van der Waals surface area contributed by atoms with E-state index in [1.54, 1.807) is 13.0 Å². The number of hydrogen-bond donors (Lipinski definition) is 0. The summed E-state index contributed by atoms with van der Waals surface area (Å²) in [6, 6.07) is 7.45. The molecule has 0 amide bonds. The summed E-state index contributed by atoms with van der Waals surface area (Å²) in [5.41, 5.74) is 1.77. The predicted molar refractivity (Wildman–Crippen MR) is 56.7 cm³/mol. The van der Waals surface area contributed by atoms with Gasteiger partial charge in [-0.15, -0.1) is 0 Å². The van der Waals surface area contributed by atoms with Crippen molar-refractivity contribution in [3.63, 3.8) is 0 Å². The van der Waals surface area contributed by atoms with Crippen molar-refractivity contribution in [2.45, 2.75) is 13.8 Å². The number of rotatable bonds is 0. The number of hydrogen-bond acceptors (Lipinski definition) is 3. The standard InChI is InChI=1S/C12H9NO2/c1-7-3-4-9-8(2)10(6-13)12(14)15-11(9)5-7/h3-5H,1-2H3. The predicted octanol–water partition coefficient (Wildman–Crippen LogP) is 2.28. The minimum Gasteiger partial charge on any atom is -0.422 e. The van der Waals surface area contributed by atoms with Crippen LogP contribution in [0.15, 0.2) is 27.4 Å². The van der Waals surface area contributed by atoms with Crippen molar-refractivity contribution in [3.05, 3.63) is 45.3 Å². The molecule has 0 saturated carbocycles. The number of benzene rings is 1. The van der Waals surface area contributed by atoms with Crippen molar-refractivity contribution < 1.29 is 4.42 Å². The highest BCUT2D eigenvalue weighted by molar-refractivity contribution is 5.82. The molecule has 0 aliphatic heterocycles. The Bertz CT molecular complexity index is 632. The van der Waals surface area contributed by atoms with Gasteiger partial charge in [-0.05, 0) is 31.0 Å². The van der Waals surface area contributed by atoms with Crippen LogP contribution in [0.2, 0.25) is 0 Å². The highest BCUT2D eigenvalue weighted by Crippen LogP contribution is 2.19. The Morgan fingerprint density at radius 3 is 2.73 bits per heavy atom. The van der Waals surface area contributed by atoms with E-state index in [0.29, 0.717) is 11.1 Å². The summed E-state index contributed by atoms with van der Waals surface area (Å²) < 4.78 is 5.07. The van der Waals surface area contributed by atoms with E-state index in [1.807, 2.05) is 25.1 Å². The van der Waals surface area contributed by atoms with Crippen molar-refractivity contribution in [2.24, 2.45) is 0 Å². The summed E-state index contributed by atoms with van der Waals surface area (Å²) >= 11 is 0. The maximum Gasteiger partial charge on any atom is 0.354 e. The number of nitriles is 1. The fraction of sp³-hybridized carbons (Fsp3) is 0.167. The summed E-state index contributed by atoms with van der Waals surface area (Å²) in [7, 11) is 0. The Balaban J connectivity index is 2.99. The van der Waals surface area contributed by atoms with E-state index in [4.69, 9.17) is 9.68 Å². The second kappa shape index (κ2) is 3.25. The molecule has 1 heterocycles. The Morgan fingerprint density at radius 1 is 1.33 bits per heavy atom. The molecule has 0 fully saturated rings. The zero-order valence-electron chi connectivity index (χ0n) is 8.50. The summed E-state index contributed by atoms with van der Waals surface area (Å²) in [6.07, 6.45) is 0. The van der Waals surface area contributed by atoms with Crippen molar-refractivity contribution in [2.75, 3.05) is 0 Å². The van der Waals surface area contributed by atoms with Crippen LogP contribution in [-0.4, -0.2) is 0 Å². The first-order valence-electron chi connectivity index (χ1n) is 4.57. The molecule has 0 unspecified atom stereocenters. The van der Waals surface area contributed by atoms with Gasteiger partial charge in [0, 0.05) is 5.39 Å². The lowest BCUT2D eigenvalue weighted by Gasteiger charge is -2.02. The van der Waals surface area contributed by atoms with Gasteiger partial charge in [0.15, 0.2) is 0 Å². The Labute approximate surface area is 86.6 Å². The molecule has 15 heavy (non-hydrogen) atoms. The first-order valence-corrected chi connectivity index (χ1v) is 4.57. The van der Waals surface area contributed by atoms with Crippen LogP contribution in [0.3, 0.4) is 0 Å². The minimum atomic E-state index is -0.562. The Morgan fingerprint density at radius 2 is 2.07 bits per heavy atom.